The molecule has 0 radical (unpaired) electrons. The molecule has 0 aromatic heterocycles. The van der Waals surface area contributed by atoms with E-state index in [4.69, 9.17) is 0 Å². The first kappa shape index (κ1) is 44.8. The van der Waals surface area contributed by atoms with Gasteiger partial charge < -0.3 is 0 Å². The Morgan fingerprint density at radius 2 is 1.23 bits per heavy atom. The molecule has 56 heavy (non-hydrogen) atoms. The number of aryl methyl sites for hydroxylation is 1. The van der Waals surface area contributed by atoms with E-state index in [1.54, 1.807) is 27.4 Å². The van der Waals surface area contributed by atoms with E-state index in [1.807, 2.05) is 12.2 Å². The van der Waals surface area contributed by atoms with Crippen molar-refractivity contribution in [2.75, 3.05) is 0 Å². The molecular weight excluding hydrogens is 799 g/mol. The standard InChI is InChI=1S/C33H33.C15H14.C5H5.2ClH.Zr/c1-4-5-16-33(3)23-29-20-28-17-24(2)27(18-25-12-8-6-9-13-25)21-31(28)32(29)22-30(33)19-26-14-10-7-11-15-26;1-3-8-14(9-4-1)12-7-13-15-10-5-2-6-11-15;1-2-4-5-3-1;;;/h6-15,17,20-22H,4-5,16,18-19H2,1-3H3;1-6,8-11H,12-13H2;1-3H,4H2;2*1H;/q-1;;-1;;;+2. The van der Waals surface area contributed by atoms with Gasteiger partial charge in [-0.3, -0.25) is 6.08 Å². The van der Waals surface area contributed by atoms with E-state index in [9.17, 15) is 0 Å². The fourth-order valence-electron chi connectivity index (χ4n) is 7.38. The molecule has 3 heteroatoms. The molecule has 3 aliphatic rings. The summed E-state index contributed by atoms with van der Waals surface area (Å²) in [5.41, 5.74) is 12.5. The van der Waals surface area contributed by atoms with Gasteiger partial charge in [-0.05, 0) is 47.4 Å². The molecule has 3 aliphatic carbocycles. The van der Waals surface area contributed by atoms with Gasteiger partial charge in [-0.2, -0.15) is 23.8 Å². The second kappa shape index (κ2) is 22.8. The average molecular weight is 853 g/mol. The zero-order chi connectivity index (χ0) is 37.6. The number of unbranched alkanes of at least 4 members (excludes halogenated alkanes) is 1. The summed E-state index contributed by atoms with van der Waals surface area (Å²) >= 11 is 1.55. The average Bonchev–Trinajstić information content (AvgIpc) is 3.88. The summed E-state index contributed by atoms with van der Waals surface area (Å²) in [6.07, 6.45) is 26.7. The first-order valence-electron chi connectivity index (χ1n) is 19.6. The Kier molecular flexibility index (Phi) is 18.2. The number of fused-ring (bicyclic) bond motifs is 2. The van der Waals surface area contributed by atoms with Gasteiger partial charge in [0.1, 0.15) is 0 Å². The Balaban J connectivity index is 0.000000252. The van der Waals surface area contributed by atoms with Crippen LogP contribution in [0, 0.1) is 24.5 Å². The van der Waals surface area contributed by atoms with Crippen LogP contribution in [0.15, 0.2) is 169 Å². The van der Waals surface area contributed by atoms with Gasteiger partial charge in [-0.15, -0.1) is 42.9 Å². The van der Waals surface area contributed by atoms with Gasteiger partial charge >= 0.3 is 112 Å². The van der Waals surface area contributed by atoms with Gasteiger partial charge in [0.25, 0.3) is 0 Å². The molecule has 284 valence electrons. The predicted molar refractivity (Wildman–Crippen MR) is 242 cm³/mol. The van der Waals surface area contributed by atoms with Gasteiger partial charge in [0.15, 0.2) is 0 Å². The topological polar surface area (TPSA) is 0 Å². The summed E-state index contributed by atoms with van der Waals surface area (Å²) in [6, 6.07) is 47.9. The van der Waals surface area contributed by atoms with Crippen molar-refractivity contribution >= 4 is 39.7 Å². The molecule has 0 amide bonds. The molecule has 0 saturated heterocycles. The van der Waals surface area contributed by atoms with Crippen LogP contribution >= 0.6 is 24.8 Å². The molecular formula is C53H54Cl2Zr. The molecule has 0 saturated carbocycles. The minimum absolute atomic E-state index is 0. The van der Waals surface area contributed by atoms with Crippen molar-refractivity contribution in [3.8, 4) is 0 Å². The molecule has 5 aromatic carbocycles. The van der Waals surface area contributed by atoms with E-state index in [-0.39, 0.29) is 30.2 Å². The fraction of sp³-hybridized carbons (Fsp3) is 0.226. The third-order valence-electron chi connectivity index (χ3n) is 10.4. The number of hydrogen-bond acceptors (Lipinski definition) is 0. The van der Waals surface area contributed by atoms with Gasteiger partial charge in [-0.1, -0.05) is 122 Å². The molecule has 0 aliphatic heterocycles. The summed E-state index contributed by atoms with van der Waals surface area (Å²) in [6.45, 7) is 6.93. The van der Waals surface area contributed by atoms with E-state index in [0.717, 1.165) is 38.5 Å². The molecule has 0 bridgehead atoms. The molecule has 0 heterocycles. The molecule has 0 spiro atoms. The number of allylic oxidation sites excluding steroid dienone is 8. The van der Waals surface area contributed by atoms with E-state index < -0.39 is 0 Å². The first-order chi connectivity index (χ1) is 26.4. The summed E-state index contributed by atoms with van der Waals surface area (Å²) in [5, 5.41) is 2.72. The van der Waals surface area contributed by atoms with Crippen LogP contribution in [0.3, 0.4) is 0 Å². The van der Waals surface area contributed by atoms with Gasteiger partial charge in [-0.25, -0.2) is 12.2 Å². The van der Waals surface area contributed by atoms with E-state index in [2.05, 4.69) is 185 Å². The van der Waals surface area contributed by atoms with Crippen molar-refractivity contribution in [2.24, 2.45) is 5.41 Å². The van der Waals surface area contributed by atoms with E-state index in [1.165, 1.54) is 73.4 Å². The quantitative estimate of drug-likeness (QED) is 0.116. The van der Waals surface area contributed by atoms with Crippen LogP contribution in [0.4, 0.5) is 0 Å². The number of halogens is 2. The van der Waals surface area contributed by atoms with Crippen molar-refractivity contribution in [3.63, 3.8) is 0 Å². The van der Waals surface area contributed by atoms with Gasteiger partial charge in [0.05, 0.1) is 0 Å². The Hall–Kier alpha value is -3.87. The van der Waals surface area contributed by atoms with Crippen molar-refractivity contribution in [3.05, 3.63) is 225 Å². The Bertz CT molecular complexity index is 2200. The monoisotopic (exact) mass is 850 g/mol. The summed E-state index contributed by atoms with van der Waals surface area (Å²) in [5.74, 6) is 0. The Morgan fingerprint density at radius 1 is 0.696 bits per heavy atom. The van der Waals surface area contributed by atoms with E-state index >= 15 is 0 Å². The first-order valence-corrected chi connectivity index (χ1v) is 20.8. The molecule has 0 N–H and O–H groups in total. The van der Waals surface area contributed by atoms with Crippen LogP contribution < -0.4 is 10.4 Å². The normalized spacial score (nSPS) is 15.6. The maximum atomic E-state index is 3.99. The minimum atomic E-state index is -0.00879. The molecule has 0 nitrogen and oxygen atoms in total. The van der Waals surface area contributed by atoms with Crippen LogP contribution in [-0.4, -0.2) is 3.21 Å². The molecule has 1 atom stereocenters. The van der Waals surface area contributed by atoms with Crippen LogP contribution in [-0.2, 0) is 49.9 Å². The zero-order valence-corrected chi connectivity index (χ0v) is 37.2. The van der Waals surface area contributed by atoms with Crippen LogP contribution in [0.25, 0.3) is 11.6 Å². The van der Waals surface area contributed by atoms with Crippen molar-refractivity contribution in [1.82, 2.24) is 0 Å². The van der Waals surface area contributed by atoms with Gasteiger partial charge in [0, 0.05) is 0 Å². The molecule has 8 rings (SSSR count). The van der Waals surface area contributed by atoms with Crippen LogP contribution in [0.1, 0.15) is 72.9 Å². The summed E-state index contributed by atoms with van der Waals surface area (Å²) in [7, 11) is 0. The molecule has 1 unspecified atom stereocenters. The zero-order valence-electron chi connectivity index (χ0n) is 33.1. The number of benzene rings is 5. The van der Waals surface area contributed by atoms with Gasteiger partial charge in [0.2, 0.25) is 0 Å². The molecule has 5 aromatic rings. The van der Waals surface area contributed by atoms with Crippen molar-refractivity contribution < 1.29 is 24.2 Å². The third kappa shape index (κ3) is 12.8. The third-order valence-corrected chi connectivity index (χ3v) is 11.3. The fourth-order valence-corrected chi connectivity index (χ4v) is 8.39. The second-order valence-corrected chi connectivity index (χ2v) is 16.6. The Labute approximate surface area is 363 Å². The number of rotatable bonds is 11. The maximum absolute atomic E-state index is 3.99. The van der Waals surface area contributed by atoms with E-state index in [0.29, 0.717) is 0 Å². The van der Waals surface area contributed by atoms with Crippen molar-refractivity contribution in [2.45, 2.75) is 72.1 Å². The summed E-state index contributed by atoms with van der Waals surface area (Å²) < 4.78 is 1.60. The summed E-state index contributed by atoms with van der Waals surface area (Å²) in [4.78, 5) is 0. The number of hydrogen-bond donors (Lipinski definition) is 0. The SMILES string of the molecule is CCCCC1(C)[C-]=C2C=c3cc(C)c(Cc4ccccc4)cc3=C2C=C1Cc1ccccc1.Cl.Cl.[C-]1=CC=CC1.[Zr+2]=[C](Cc1ccccc1)Cc1ccccc1. The van der Waals surface area contributed by atoms with Crippen LogP contribution in [0.5, 0.6) is 0 Å². The van der Waals surface area contributed by atoms with Crippen LogP contribution in [0.2, 0.25) is 0 Å². The van der Waals surface area contributed by atoms with Crippen molar-refractivity contribution in [1.29, 1.82) is 0 Å². The second-order valence-electron chi connectivity index (χ2n) is 14.8. The predicted octanol–water partition coefficient (Wildman–Crippen LogP) is 12.0. The molecule has 0 fully saturated rings. The Morgan fingerprint density at radius 3 is 1.71 bits per heavy atom.